The normalized spacial score (nSPS) is 18.5. The third kappa shape index (κ3) is 2.80. The van der Waals surface area contributed by atoms with E-state index in [1.54, 1.807) is 0 Å². The lowest BCUT2D eigenvalue weighted by Crippen LogP contribution is -2.37. The SMILES string of the molecule is Cl.c1ccc2c(N3CCOCC3)c3c(nc2c1)CCCCC3. The summed E-state index contributed by atoms with van der Waals surface area (Å²) in [5.41, 5.74) is 5.45. The van der Waals surface area contributed by atoms with Gasteiger partial charge in [-0.2, -0.15) is 0 Å². The molecule has 0 atom stereocenters. The largest absolute Gasteiger partial charge is 0.378 e. The zero-order chi connectivity index (χ0) is 14.1. The third-order valence-corrected chi connectivity index (χ3v) is 4.72. The van der Waals surface area contributed by atoms with Crippen LogP contribution in [0.4, 0.5) is 5.69 Å². The van der Waals surface area contributed by atoms with Crippen LogP contribution in [0.5, 0.6) is 0 Å². The van der Waals surface area contributed by atoms with E-state index in [0.29, 0.717) is 0 Å². The molecule has 0 unspecified atom stereocenters. The Morgan fingerprint density at radius 1 is 0.955 bits per heavy atom. The van der Waals surface area contributed by atoms with Gasteiger partial charge in [0.05, 0.1) is 24.4 Å². The van der Waals surface area contributed by atoms with Crippen molar-refractivity contribution in [2.24, 2.45) is 0 Å². The molecule has 2 aromatic rings. The van der Waals surface area contributed by atoms with Gasteiger partial charge in [-0.3, -0.25) is 4.98 Å². The molecule has 3 nitrogen and oxygen atoms in total. The van der Waals surface area contributed by atoms with E-state index in [-0.39, 0.29) is 12.4 Å². The summed E-state index contributed by atoms with van der Waals surface area (Å²) in [5, 5.41) is 1.32. The Morgan fingerprint density at radius 3 is 2.59 bits per heavy atom. The summed E-state index contributed by atoms with van der Waals surface area (Å²) >= 11 is 0. The summed E-state index contributed by atoms with van der Waals surface area (Å²) in [6, 6.07) is 8.63. The summed E-state index contributed by atoms with van der Waals surface area (Å²) in [6.07, 6.45) is 6.22. The lowest BCUT2D eigenvalue weighted by atomic mass is 10.0. The lowest BCUT2D eigenvalue weighted by molar-refractivity contribution is 0.122. The van der Waals surface area contributed by atoms with Gasteiger partial charge in [-0.05, 0) is 37.3 Å². The van der Waals surface area contributed by atoms with E-state index in [0.717, 1.165) is 38.2 Å². The number of ether oxygens (including phenoxy) is 1. The molecule has 0 spiro atoms. The van der Waals surface area contributed by atoms with Crippen molar-refractivity contribution < 1.29 is 4.74 Å². The average Bonchev–Trinajstić information content (AvgIpc) is 2.78. The Hall–Kier alpha value is -1.32. The second kappa shape index (κ2) is 6.84. The number of benzene rings is 1. The first-order valence-corrected chi connectivity index (χ1v) is 8.17. The Kier molecular flexibility index (Phi) is 4.84. The van der Waals surface area contributed by atoms with Crippen LogP contribution in [0.2, 0.25) is 0 Å². The second-order valence-corrected chi connectivity index (χ2v) is 6.06. The van der Waals surface area contributed by atoms with Gasteiger partial charge in [-0.1, -0.05) is 24.6 Å². The maximum atomic E-state index is 5.54. The predicted octanol–water partition coefficient (Wildman–Crippen LogP) is 3.76. The molecule has 1 aromatic heterocycles. The first-order valence-electron chi connectivity index (χ1n) is 8.17. The van der Waals surface area contributed by atoms with Gasteiger partial charge in [-0.15, -0.1) is 12.4 Å². The van der Waals surface area contributed by atoms with E-state index in [2.05, 4.69) is 29.2 Å². The summed E-state index contributed by atoms with van der Waals surface area (Å²) in [4.78, 5) is 7.50. The molecule has 2 aliphatic rings. The number of anilines is 1. The quantitative estimate of drug-likeness (QED) is 0.749. The van der Waals surface area contributed by atoms with Gasteiger partial charge in [0.2, 0.25) is 0 Å². The minimum Gasteiger partial charge on any atom is -0.378 e. The highest BCUT2D eigenvalue weighted by Crippen LogP contribution is 2.35. The van der Waals surface area contributed by atoms with Crippen LogP contribution in [0.3, 0.4) is 0 Å². The molecule has 22 heavy (non-hydrogen) atoms. The summed E-state index contributed by atoms with van der Waals surface area (Å²) in [5.74, 6) is 0. The fourth-order valence-electron chi connectivity index (χ4n) is 3.67. The van der Waals surface area contributed by atoms with E-state index < -0.39 is 0 Å². The van der Waals surface area contributed by atoms with E-state index >= 15 is 0 Å². The van der Waals surface area contributed by atoms with Gasteiger partial charge in [0, 0.05) is 24.2 Å². The smallest absolute Gasteiger partial charge is 0.0726 e. The van der Waals surface area contributed by atoms with Crippen molar-refractivity contribution in [3.8, 4) is 0 Å². The Bertz CT molecular complexity index is 653. The summed E-state index contributed by atoms with van der Waals surface area (Å²) in [6.45, 7) is 3.68. The number of pyridine rings is 1. The van der Waals surface area contributed by atoms with E-state index in [4.69, 9.17) is 9.72 Å². The number of fused-ring (bicyclic) bond motifs is 2. The topological polar surface area (TPSA) is 25.4 Å². The van der Waals surface area contributed by atoms with Crippen molar-refractivity contribution >= 4 is 29.0 Å². The second-order valence-electron chi connectivity index (χ2n) is 6.06. The minimum absolute atomic E-state index is 0. The number of hydrogen-bond donors (Lipinski definition) is 0. The van der Waals surface area contributed by atoms with Crippen molar-refractivity contribution in [1.82, 2.24) is 4.98 Å². The number of rotatable bonds is 1. The van der Waals surface area contributed by atoms with Crippen molar-refractivity contribution in [3.63, 3.8) is 0 Å². The number of hydrogen-bond acceptors (Lipinski definition) is 3. The molecule has 1 fully saturated rings. The summed E-state index contributed by atoms with van der Waals surface area (Å²) < 4.78 is 5.54. The molecule has 1 aliphatic heterocycles. The molecule has 1 saturated heterocycles. The van der Waals surface area contributed by atoms with Crippen LogP contribution in [0, 0.1) is 0 Å². The predicted molar refractivity (Wildman–Crippen MR) is 93.3 cm³/mol. The molecule has 0 bridgehead atoms. The zero-order valence-corrected chi connectivity index (χ0v) is 13.7. The molecule has 4 heteroatoms. The number of aromatic nitrogens is 1. The number of aryl methyl sites for hydroxylation is 1. The Labute approximate surface area is 138 Å². The monoisotopic (exact) mass is 318 g/mol. The van der Waals surface area contributed by atoms with Gasteiger partial charge in [0.25, 0.3) is 0 Å². The van der Waals surface area contributed by atoms with Crippen molar-refractivity contribution in [2.75, 3.05) is 31.2 Å². The molecule has 1 aromatic carbocycles. The molecule has 1 aliphatic carbocycles. The van der Waals surface area contributed by atoms with E-state index in [1.165, 1.54) is 48.0 Å². The van der Waals surface area contributed by atoms with Crippen LogP contribution >= 0.6 is 12.4 Å². The number of morpholine rings is 1. The zero-order valence-electron chi connectivity index (χ0n) is 12.9. The molecular weight excluding hydrogens is 296 g/mol. The van der Waals surface area contributed by atoms with Crippen LogP contribution in [0.1, 0.15) is 30.5 Å². The number of nitrogens with zero attached hydrogens (tertiary/aromatic N) is 2. The van der Waals surface area contributed by atoms with Gasteiger partial charge in [-0.25, -0.2) is 0 Å². The molecule has 2 heterocycles. The number of para-hydroxylation sites is 1. The van der Waals surface area contributed by atoms with Gasteiger partial charge in [0.1, 0.15) is 0 Å². The van der Waals surface area contributed by atoms with Crippen LogP contribution in [-0.2, 0) is 17.6 Å². The van der Waals surface area contributed by atoms with E-state index in [1.807, 2.05) is 0 Å². The summed E-state index contributed by atoms with van der Waals surface area (Å²) in [7, 11) is 0. The van der Waals surface area contributed by atoms with Gasteiger partial charge >= 0.3 is 0 Å². The molecule has 0 saturated carbocycles. The van der Waals surface area contributed by atoms with Crippen LogP contribution in [0.25, 0.3) is 10.9 Å². The maximum Gasteiger partial charge on any atom is 0.0726 e. The highest BCUT2D eigenvalue weighted by atomic mass is 35.5. The Balaban J connectivity index is 0.00000144. The number of halogens is 1. The first-order chi connectivity index (χ1) is 10.4. The highest BCUT2D eigenvalue weighted by Gasteiger charge is 2.22. The fraction of sp³-hybridized carbons (Fsp3) is 0.500. The van der Waals surface area contributed by atoms with Crippen LogP contribution in [-0.4, -0.2) is 31.3 Å². The minimum atomic E-state index is 0. The molecule has 0 N–H and O–H groups in total. The average molecular weight is 319 g/mol. The highest BCUT2D eigenvalue weighted by molar-refractivity contribution is 5.94. The van der Waals surface area contributed by atoms with Crippen LogP contribution < -0.4 is 4.90 Å². The lowest BCUT2D eigenvalue weighted by Gasteiger charge is -2.32. The molecule has 0 amide bonds. The molecule has 0 radical (unpaired) electrons. The fourth-order valence-corrected chi connectivity index (χ4v) is 3.67. The molecule has 4 rings (SSSR count). The van der Waals surface area contributed by atoms with Crippen molar-refractivity contribution in [2.45, 2.75) is 32.1 Å². The first kappa shape index (κ1) is 15.6. The molecule has 118 valence electrons. The van der Waals surface area contributed by atoms with E-state index in [9.17, 15) is 0 Å². The third-order valence-electron chi connectivity index (χ3n) is 4.72. The van der Waals surface area contributed by atoms with Crippen LogP contribution in [0.15, 0.2) is 24.3 Å². The van der Waals surface area contributed by atoms with Gasteiger partial charge < -0.3 is 9.64 Å². The molecular formula is C18H23ClN2O. The van der Waals surface area contributed by atoms with Crippen molar-refractivity contribution in [3.05, 3.63) is 35.5 Å². The van der Waals surface area contributed by atoms with Gasteiger partial charge in [0.15, 0.2) is 0 Å². The Morgan fingerprint density at radius 2 is 1.73 bits per heavy atom. The van der Waals surface area contributed by atoms with Crippen molar-refractivity contribution in [1.29, 1.82) is 0 Å². The standard InChI is InChI=1S/C18H22N2O.ClH/c1-2-6-14-16(8-3-1)19-17-9-5-4-7-15(17)18(14)20-10-12-21-13-11-20;/h4-5,7,9H,1-3,6,8,10-13H2;1H. The maximum absolute atomic E-state index is 5.54.